The minimum Gasteiger partial charge on any atom is -0.351 e. The molecule has 0 spiro atoms. The molecule has 1 atom stereocenters. The predicted octanol–water partition coefficient (Wildman–Crippen LogP) is 2.17. The summed E-state index contributed by atoms with van der Waals surface area (Å²) < 4.78 is 27.6. The average Bonchev–Trinajstić information content (AvgIpc) is 3.01. The lowest BCUT2D eigenvalue weighted by Gasteiger charge is -2.32. The molecule has 0 amide bonds. The minimum atomic E-state index is -3.80. The second-order valence-corrected chi connectivity index (χ2v) is 9.15. The largest absolute Gasteiger partial charge is 0.351 e. The van der Waals surface area contributed by atoms with Crippen LogP contribution in [0.3, 0.4) is 0 Å². The SMILES string of the molecule is CN.CN1CCCC(CN(C)S(=O)(=O)c2c(C=O)[nH]c3ccc(Cl)cc23)C1. The Morgan fingerprint density at radius 3 is 2.74 bits per heavy atom. The lowest BCUT2D eigenvalue weighted by Crippen LogP contribution is -2.40. The molecule has 1 aromatic heterocycles. The summed E-state index contributed by atoms with van der Waals surface area (Å²) in [6, 6.07) is 4.92. The highest BCUT2D eigenvalue weighted by molar-refractivity contribution is 7.89. The van der Waals surface area contributed by atoms with E-state index in [-0.39, 0.29) is 16.5 Å². The number of aromatic nitrogens is 1. The maximum absolute atomic E-state index is 13.1. The molecular formula is C18H27ClN4O3S. The molecule has 1 aliphatic heterocycles. The van der Waals surface area contributed by atoms with Crippen molar-refractivity contribution in [1.29, 1.82) is 0 Å². The minimum absolute atomic E-state index is 0.00617. The van der Waals surface area contributed by atoms with Crippen LogP contribution in [-0.4, -0.2) is 69.7 Å². The molecule has 1 saturated heterocycles. The summed E-state index contributed by atoms with van der Waals surface area (Å²) in [4.78, 5) is 16.5. The highest BCUT2D eigenvalue weighted by Gasteiger charge is 2.30. The molecule has 1 fully saturated rings. The number of benzene rings is 1. The molecule has 3 N–H and O–H groups in total. The average molecular weight is 415 g/mol. The summed E-state index contributed by atoms with van der Waals surface area (Å²) in [5.41, 5.74) is 5.14. The zero-order valence-electron chi connectivity index (χ0n) is 15.9. The van der Waals surface area contributed by atoms with E-state index >= 15 is 0 Å². The molecule has 0 radical (unpaired) electrons. The Labute approximate surface area is 165 Å². The molecule has 7 nitrogen and oxygen atoms in total. The van der Waals surface area contributed by atoms with E-state index in [0.29, 0.717) is 28.8 Å². The summed E-state index contributed by atoms with van der Waals surface area (Å²) in [6.45, 7) is 2.35. The molecule has 150 valence electrons. The van der Waals surface area contributed by atoms with Crippen molar-refractivity contribution in [2.24, 2.45) is 11.7 Å². The summed E-state index contributed by atoms with van der Waals surface area (Å²) in [5, 5.41) is 0.874. The van der Waals surface area contributed by atoms with E-state index in [1.807, 2.05) is 7.05 Å². The van der Waals surface area contributed by atoms with Crippen LogP contribution in [0.15, 0.2) is 23.1 Å². The molecule has 2 aromatic rings. The van der Waals surface area contributed by atoms with Crippen LogP contribution in [0.1, 0.15) is 23.3 Å². The number of nitrogens with zero attached hydrogens (tertiary/aromatic N) is 2. The lowest BCUT2D eigenvalue weighted by molar-refractivity contribution is 0.111. The molecule has 0 aliphatic carbocycles. The van der Waals surface area contributed by atoms with Crippen LogP contribution < -0.4 is 5.73 Å². The van der Waals surface area contributed by atoms with Crippen molar-refractivity contribution < 1.29 is 13.2 Å². The van der Waals surface area contributed by atoms with Gasteiger partial charge in [-0.1, -0.05) is 11.6 Å². The number of piperidine rings is 1. The first-order valence-corrected chi connectivity index (χ1v) is 10.6. The smallest absolute Gasteiger partial charge is 0.245 e. The molecule has 0 bridgehead atoms. The van der Waals surface area contributed by atoms with Gasteiger partial charge < -0.3 is 15.6 Å². The Morgan fingerprint density at radius 2 is 2.11 bits per heavy atom. The summed E-state index contributed by atoms with van der Waals surface area (Å²) in [7, 11) is 1.31. The Bertz CT molecular complexity index is 897. The third kappa shape index (κ3) is 4.70. The number of hydrogen-bond acceptors (Lipinski definition) is 5. The van der Waals surface area contributed by atoms with Gasteiger partial charge in [-0.15, -0.1) is 0 Å². The monoisotopic (exact) mass is 414 g/mol. The van der Waals surface area contributed by atoms with E-state index in [1.54, 1.807) is 25.2 Å². The van der Waals surface area contributed by atoms with E-state index in [0.717, 1.165) is 25.9 Å². The van der Waals surface area contributed by atoms with Gasteiger partial charge in [-0.25, -0.2) is 12.7 Å². The van der Waals surface area contributed by atoms with Gasteiger partial charge in [-0.3, -0.25) is 4.79 Å². The summed E-state index contributed by atoms with van der Waals surface area (Å²) in [6.07, 6.45) is 2.62. The Morgan fingerprint density at radius 1 is 1.41 bits per heavy atom. The highest BCUT2D eigenvalue weighted by atomic mass is 35.5. The van der Waals surface area contributed by atoms with Gasteiger partial charge in [0.2, 0.25) is 10.0 Å². The number of carbonyl (C=O) groups excluding carboxylic acids is 1. The number of hydrogen-bond donors (Lipinski definition) is 2. The molecule has 3 rings (SSSR count). The number of H-pyrrole nitrogens is 1. The fourth-order valence-electron chi connectivity index (χ4n) is 3.56. The van der Waals surface area contributed by atoms with Crippen LogP contribution in [0.4, 0.5) is 0 Å². The van der Waals surface area contributed by atoms with Crippen molar-refractivity contribution in [2.45, 2.75) is 17.7 Å². The maximum Gasteiger partial charge on any atom is 0.245 e. The Balaban J connectivity index is 0.00000126. The van der Waals surface area contributed by atoms with Gasteiger partial charge in [0, 0.05) is 36.1 Å². The molecule has 1 aliphatic rings. The second kappa shape index (κ2) is 9.16. The number of carbonyl (C=O) groups is 1. The van der Waals surface area contributed by atoms with Crippen molar-refractivity contribution in [3.05, 3.63) is 28.9 Å². The number of aldehydes is 1. The normalized spacial score (nSPS) is 18.4. The molecule has 1 unspecified atom stereocenters. The van der Waals surface area contributed by atoms with Crippen molar-refractivity contribution >= 4 is 38.8 Å². The number of sulfonamides is 1. The first-order valence-electron chi connectivity index (χ1n) is 8.82. The third-order valence-electron chi connectivity index (χ3n) is 4.76. The van der Waals surface area contributed by atoms with Crippen molar-refractivity contribution in [1.82, 2.24) is 14.2 Å². The third-order valence-corrected chi connectivity index (χ3v) is 6.92. The van der Waals surface area contributed by atoms with Crippen LogP contribution in [0, 0.1) is 5.92 Å². The number of rotatable bonds is 5. The van der Waals surface area contributed by atoms with Crippen LogP contribution >= 0.6 is 11.6 Å². The van der Waals surface area contributed by atoms with Gasteiger partial charge >= 0.3 is 0 Å². The van der Waals surface area contributed by atoms with Crippen LogP contribution in [0.2, 0.25) is 5.02 Å². The predicted molar refractivity (Wildman–Crippen MR) is 109 cm³/mol. The molecule has 0 saturated carbocycles. The van der Waals surface area contributed by atoms with Gasteiger partial charge in [0.15, 0.2) is 6.29 Å². The van der Waals surface area contributed by atoms with Crippen LogP contribution in [-0.2, 0) is 10.0 Å². The van der Waals surface area contributed by atoms with Crippen molar-refractivity contribution in [3.8, 4) is 0 Å². The number of nitrogens with two attached hydrogens (primary N) is 1. The van der Waals surface area contributed by atoms with Crippen molar-refractivity contribution in [2.75, 3.05) is 40.8 Å². The van der Waals surface area contributed by atoms with E-state index in [1.165, 1.54) is 11.4 Å². The maximum atomic E-state index is 13.1. The van der Waals surface area contributed by atoms with E-state index < -0.39 is 10.0 Å². The van der Waals surface area contributed by atoms with Gasteiger partial charge in [-0.05, 0) is 57.6 Å². The summed E-state index contributed by atoms with van der Waals surface area (Å²) in [5.74, 6) is 0.284. The molecule has 1 aromatic carbocycles. The number of likely N-dealkylation sites (tertiary alicyclic amines) is 1. The second-order valence-electron chi connectivity index (χ2n) is 6.73. The van der Waals surface area contributed by atoms with Crippen LogP contribution in [0.5, 0.6) is 0 Å². The quantitative estimate of drug-likeness (QED) is 0.730. The lowest BCUT2D eigenvalue weighted by atomic mass is 9.99. The van der Waals surface area contributed by atoms with E-state index in [2.05, 4.69) is 15.6 Å². The van der Waals surface area contributed by atoms with E-state index in [4.69, 9.17) is 11.6 Å². The Hall–Kier alpha value is -1.45. The highest BCUT2D eigenvalue weighted by Crippen LogP contribution is 2.31. The fraction of sp³-hybridized carbons (Fsp3) is 0.500. The van der Waals surface area contributed by atoms with Gasteiger partial charge in [0.1, 0.15) is 4.90 Å². The van der Waals surface area contributed by atoms with Gasteiger partial charge in [0.25, 0.3) is 0 Å². The number of halogens is 1. The molecule has 9 heteroatoms. The molecule has 27 heavy (non-hydrogen) atoms. The zero-order valence-corrected chi connectivity index (χ0v) is 17.5. The molecule has 2 heterocycles. The topological polar surface area (TPSA) is 99.5 Å². The van der Waals surface area contributed by atoms with Crippen molar-refractivity contribution in [3.63, 3.8) is 0 Å². The zero-order chi connectivity index (χ0) is 20.2. The number of nitrogens with one attached hydrogen (secondary N) is 1. The first-order chi connectivity index (χ1) is 12.8. The number of aromatic amines is 1. The van der Waals surface area contributed by atoms with E-state index in [9.17, 15) is 13.2 Å². The first kappa shape index (κ1) is 21.8. The number of fused-ring (bicyclic) bond motifs is 1. The fourth-order valence-corrected chi connectivity index (χ4v) is 5.28. The molecular weight excluding hydrogens is 388 g/mol. The standard InChI is InChI=1S/C17H22ClN3O3S.CH5N/c1-20-7-3-4-12(9-20)10-21(2)25(23,24)17-14-8-13(18)5-6-15(14)19-16(17)11-22;1-2/h5-6,8,11-12,19H,3-4,7,9-10H2,1-2H3;2H2,1H3. The Kier molecular flexibility index (Phi) is 7.41. The van der Waals surface area contributed by atoms with Gasteiger partial charge in [0.05, 0.1) is 5.69 Å². The summed E-state index contributed by atoms with van der Waals surface area (Å²) >= 11 is 6.03. The van der Waals surface area contributed by atoms with Gasteiger partial charge in [-0.2, -0.15) is 0 Å². The van der Waals surface area contributed by atoms with Crippen LogP contribution in [0.25, 0.3) is 10.9 Å².